The Labute approximate surface area is 111 Å². The van der Waals surface area contributed by atoms with Crippen molar-refractivity contribution in [3.63, 3.8) is 0 Å². The van der Waals surface area contributed by atoms with E-state index in [1.807, 2.05) is 7.05 Å². The van der Waals surface area contributed by atoms with E-state index in [0.717, 1.165) is 19.6 Å². The summed E-state index contributed by atoms with van der Waals surface area (Å²) in [5.41, 5.74) is 11.2. The number of anilines is 2. The van der Waals surface area contributed by atoms with E-state index in [1.165, 1.54) is 6.07 Å². The van der Waals surface area contributed by atoms with Gasteiger partial charge in [0.05, 0.1) is 11.0 Å². The molecule has 0 saturated carbocycles. The van der Waals surface area contributed by atoms with Crippen molar-refractivity contribution < 1.29 is 4.92 Å². The maximum absolute atomic E-state index is 10.7. The van der Waals surface area contributed by atoms with Gasteiger partial charge in [0.15, 0.2) is 0 Å². The van der Waals surface area contributed by atoms with Crippen molar-refractivity contribution in [3.8, 4) is 0 Å². The number of nitrogen functional groups attached to an aromatic ring is 1. The molecule has 0 radical (unpaired) electrons. The maximum atomic E-state index is 10.7. The molecule has 1 aromatic heterocycles. The number of likely N-dealkylation sites (N-methyl/N-ethyl adjacent to an activating group) is 1. The van der Waals surface area contributed by atoms with E-state index in [4.69, 9.17) is 11.5 Å². The van der Waals surface area contributed by atoms with Crippen molar-refractivity contribution in [3.05, 3.63) is 22.2 Å². The van der Waals surface area contributed by atoms with Crippen LogP contribution in [0.1, 0.15) is 0 Å². The van der Waals surface area contributed by atoms with Crippen LogP contribution in [0.5, 0.6) is 0 Å². The molecule has 1 unspecified atom stereocenters. The van der Waals surface area contributed by atoms with Gasteiger partial charge in [0.2, 0.25) is 5.82 Å². The second-order valence-electron chi connectivity index (χ2n) is 4.68. The highest BCUT2D eigenvalue weighted by Gasteiger charge is 2.26. The topological polar surface area (TPSA) is 115 Å². The molecule has 2 heterocycles. The van der Waals surface area contributed by atoms with E-state index in [0.29, 0.717) is 12.4 Å². The lowest BCUT2D eigenvalue weighted by Gasteiger charge is -2.40. The third-order valence-electron chi connectivity index (χ3n) is 3.34. The van der Waals surface area contributed by atoms with Crippen LogP contribution in [-0.4, -0.2) is 54.1 Å². The van der Waals surface area contributed by atoms with Crippen LogP contribution in [-0.2, 0) is 0 Å². The Morgan fingerprint density at radius 1 is 1.53 bits per heavy atom. The molecule has 1 aliphatic rings. The predicted octanol–water partition coefficient (Wildman–Crippen LogP) is -0.349. The molecular weight excluding hydrogens is 248 g/mol. The normalized spacial score (nSPS) is 20.5. The van der Waals surface area contributed by atoms with Gasteiger partial charge < -0.3 is 21.3 Å². The van der Waals surface area contributed by atoms with E-state index >= 15 is 0 Å². The molecule has 104 valence electrons. The molecule has 4 N–H and O–H groups in total. The van der Waals surface area contributed by atoms with Crippen LogP contribution in [0.3, 0.4) is 0 Å². The lowest BCUT2D eigenvalue weighted by Crippen LogP contribution is -2.55. The first-order chi connectivity index (χ1) is 9.02. The van der Waals surface area contributed by atoms with Crippen molar-refractivity contribution in [1.82, 2.24) is 9.88 Å². The number of rotatable bonds is 3. The number of hydrogen-bond donors (Lipinski definition) is 2. The summed E-state index contributed by atoms with van der Waals surface area (Å²) in [6.07, 6.45) is 0. The molecule has 8 heteroatoms. The Kier molecular flexibility index (Phi) is 3.82. The summed E-state index contributed by atoms with van der Waals surface area (Å²) in [6, 6.07) is 3.17. The summed E-state index contributed by atoms with van der Waals surface area (Å²) in [6.45, 7) is 3.02. The van der Waals surface area contributed by atoms with Crippen LogP contribution in [0.15, 0.2) is 12.1 Å². The minimum atomic E-state index is -0.531. The van der Waals surface area contributed by atoms with E-state index in [2.05, 4.69) is 14.8 Å². The van der Waals surface area contributed by atoms with Gasteiger partial charge in [-0.05, 0) is 13.1 Å². The van der Waals surface area contributed by atoms with E-state index in [9.17, 15) is 10.1 Å². The molecule has 1 aliphatic heterocycles. The molecule has 1 aromatic rings. The highest BCUT2D eigenvalue weighted by Crippen LogP contribution is 2.25. The largest absolute Gasteiger partial charge is 0.378 e. The molecule has 1 fully saturated rings. The SMILES string of the molecule is CN1CCN(c2ccc([N+](=O)[O-])c(N)n2)C(CN)C1. The lowest BCUT2D eigenvalue weighted by molar-refractivity contribution is -0.384. The molecule has 19 heavy (non-hydrogen) atoms. The third kappa shape index (κ3) is 2.74. The smallest absolute Gasteiger partial charge is 0.311 e. The second kappa shape index (κ2) is 5.37. The molecule has 0 amide bonds. The zero-order chi connectivity index (χ0) is 14.0. The summed E-state index contributed by atoms with van der Waals surface area (Å²) in [5.74, 6) is 0.587. The van der Waals surface area contributed by atoms with Crippen LogP contribution in [0, 0.1) is 10.1 Å². The lowest BCUT2D eigenvalue weighted by atomic mass is 10.1. The number of nitrogens with zero attached hydrogens (tertiary/aromatic N) is 4. The third-order valence-corrected chi connectivity index (χ3v) is 3.34. The van der Waals surface area contributed by atoms with Gasteiger partial charge in [-0.25, -0.2) is 4.98 Å². The molecule has 0 aliphatic carbocycles. The van der Waals surface area contributed by atoms with Gasteiger partial charge in [-0.3, -0.25) is 10.1 Å². The minimum absolute atomic E-state index is 0.0581. The molecule has 1 atom stereocenters. The Morgan fingerprint density at radius 2 is 2.26 bits per heavy atom. The van der Waals surface area contributed by atoms with Crippen molar-refractivity contribution in [2.75, 3.05) is 43.9 Å². The molecule has 0 spiro atoms. The highest BCUT2D eigenvalue weighted by molar-refractivity contribution is 5.58. The van der Waals surface area contributed by atoms with Crippen LogP contribution < -0.4 is 16.4 Å². The van der Waals surface area contributed by atoms with Crippen LogP contribution in [0.25, 0.3) is 0 Å². The van der Waals surface area contributed by atoms with Crippen molar-refractivity contribution in [1.29, 1.82) is 0 Å². The van der Waals surface area contributed by atoms with Gasteiger partial charge in [-0.15, -0.1) is 0 Å². The minimum Gasteiger partial charge on any atom is -0.378 e. The fourth-order valence-electron chi connectivity index (χ4n) is 2.29. The molecule has 2 rings (SSSR count). The quantitative estimate of drug-likeness (QED) is 0.567. The predicted molar refractivity (Wildman–Crippen MR) is 73.0 cm³/mol. The molecule has 8 nitrogen and oxygen atoms in total. The van der Waals surface area contributed by atoms with Crippen molar-refractivity contribution in [2.45, 2.75) is 6.04 Å². The van der Waals surface area contributed by atoms with Gasteiger partial charge in [0.1, 0.15) is 5.82 Å². The number of piperazine rings is 1. The molecule has 0 bridgehead atoms. The Bertz CT molecular complexity index is 480. The molecular formula is C11H18N6O2. The van der Waals surface area contributed by atoms with E-state index < -0.39 is 4.92 Å². The van der Waals surface area contributed by atoms with Crippen LogP contribution >= 0.6 is 0 Å². The average molecular weight is 266 g/mol. The highest BCUT2D eigenvalue weighted by atomic mass is 16.6. The van der Waals surface area contributed by atoms with Crippen molar-refractivity contribution in [2.24, 2.45) is 5.73 Å². The summed E-state index contributed by atoms with van der Waals surface area (Å²) >= 11 is 0. The average Bonchev–Trinajstić information content (AvgIpc) is 2.37. The zero-order valence-electron chi connectivity index (χ0n) is 10.8. The Hall–Kier alpha value is -1.93. The summed E-state index contributed by atoms with van der Waals surface area (Å²) in [5, 5.41) is 10.7. The van der Waals surface area contributed by atoms with E-state index in [-0.39, 0.29) is 17.5 Å². The standard InChI is InChI=1S/C11H18N6O2/c1-15-4-5-16(8(6-12)7-15)10-3-2-9(17(18)19)11(13)14-10/h2-3,8H,4-7,12H2,1H3,(H2,13,14). The summed E-state index contributed by atoms with van der Waals surface area (Å²) in [7, 11) is 2.04. The zero-order valence-corrected chi connectivity index (χ0v) is 10.8. The maximum Gasteiger partial charge on any atom is 0.311 e. The van der Waals surface area contributed by atoms with Gasteiger partial charge >= 0.3 is 5.69 Å². The number of aromatic nitrogens is 1. The first-order valence-electron chi connectivity index (χ1n) is 6.09. The van der Waals surface area contributed by atoms with Crippen molar-refractivity contribution >= 4 is 17.3 Å². The van der Waals surface area contributed by atoms with Gasteiger partial charge in [-0.1, -0.05) is 0 Å². The van der Waals surface area contributed by atoms with Crippen LogP contribution in [0.4, 0.5) is 17.3 Å². The number of hydrogen-bond acceptors (Lipinski definition) is 7. The monoisotopic (exact) mass is 266 g/mol. The molecule has 0 aromatic carbocycles. The second-order valence-corrected chi connectivity index (χ2v) is 4.68. The Morgan fingerprint density at radius 3 is 2.84 bits per heavy atom. The summed E-state index contributed by atoms with van der Waals surface area (Å²) < 4.78 is 0. The van der Waals surface area contributed by atoms with Crippen LogP contribution in [0.2, 0.25) is 0 Å². The van der Waals surface area contributed by atoms with Gasteiger partial charge in [-0.2, -0.15) is 0 Å². The van der Waals surface area contributed by atoms with E-state index in [1.54, 1.807) is 6.07 Å². The summed E-state index contributed by atoms with van der Waals surface area (Å²) in [4.78, 5) is 18.6. The number of nitro groups is 1. The first kappa shape index (κ1) is 13.5. The fraction of sp³-hybridized carbons (Fsp3) is 0.545. The van der Waals surface area contributed by atoms with Gasteiger partial charge in [0.25, 0.3) is 0 Å². The number of pyridine rings is 1. The van der Waals surface area contributed by atoms with Gasteiger partial charge in [0, 0.05) is 32.2 Å². The Balaban J connectivity index is 2.26. The first-order valence-corrected chi connectivity index (χ1v) is 6.09. The number of nitrogens with two attached hydrogens (primary N) is 2. The fourth-order valence-corrected chi connectivity index (χ4v) is 2.29. The molecule has 1 saturated heterocycles.